The molecule has 0 unspecified atom stereocenters. The van der Waals surface area contributed by atoms with E-state index in [0.29, 0.717) is 10.6 Å². The second-order valence-corrected chi connectivity index (χ2v) is 6.92. The lowest BCUT2D eigenvalue weighted by Crippen LogP contribution is -2.13. The van der Waals surface area contributed by atoms with Crippen LogP contribution in [-0.4, -0.2) is 12.2 Å². The molecule has 0 radical (unpaired) electrons. The van der Waals surface area contributed by atoms with Crippen molar-refractivity contribution in [3.05, 3.63) is 95.0 Å². The lowest BCUT2D eigenvalue weighted by Gasteiger charge is -2.11. The number of carbonyl (C=O) groups excluding carboxylic acids is 1. The van der Waals surface area contributed by atoms with Crippen LogP contribution in [0.15, 0.2) is 83.8 Å². The first-order chi connectivity index (χ1) is 12.7. The van der Waals surface area contributed by atoms with E-state index < -0.39 is 0 Å². The molecule has 0 spiro atoms. The van der Waals surface area contributed by atoms with Crippen LogP contribution in [-0.2, 0) is 4.79 Å². The highest BCUT2D eigenvalue weighted by atomic mass is 35.5. The molecule has 0 aliphatic rings. The van der Waals surface area contributed by atoms with Gasteiger partial charge in [-0.05, 0) is 47.7 Å². The van der Waals surface area contributed by atoms with Crippen LogP contribution in [0.25, 0.3) is 11.6 Å². The van der Waals surface area contributed by atoms with Crippen molar-refractivity contribution in [2.24, 2.45) is 0 Å². The molecule has 0 aliphatic carbocycles. The Kier molecular flexibility index (Phi) is 6.16. The van der Waals surface area contributed by atoms with Crippen LogP contribution in [0.2, 0.25) is 5.02 Å². The van der Waals surface area contributed by atoms with Crippen LogP contribution in [0.5, 0.6) is 0 Å². The van der Waals surface area contributed by atoms with E-state index in [2.05, 4.69) is 5.32 Å². The van der Waals surface area contributed by atoms with Gasteiger partial charge in [0.15, 0.2) is 0 Å². The quantitative estimate of drug-likeness (QED) is 0.323. The molecule has 0 aliphatic heterocycles. The van der Waals surface area contributed by atoms with Gasteiger partial charge >= 0.3 is 0 Å². The average Bonchev–Trinajstić information content (AvgIpc) is 2.68. The largest absolute Gasteiger partial charge is 0.322 e. The fraction of sp³-hybridized carbons (Fsp3) is 0.0455. The highest BCUT2D eigenvalue weighted by Gasteiger charge is 2.13. The molecule has 0 atom stereocenters. The summed E-state index contributed by atoms with van der Waals surface area (Å²) >= 11 is 7.92. The Morgan fingerprint density at radius 2 is 1.69 bits per heavy atom. The maximum atomic E-state index is 13.0. The Morgan fingerprint density at radius 3 is 2.42 bits per heavy atom. The molecule has 0 heterocycles. The number of nitrogens with one attached hydrogen (secondary N) is 1. The summed E-state index contributed by atoms with van der Waals surface area (Å²) in [6.07, 6.45) is 3.83. The Bertz CT molecular complexity index is 938. The lowest BCUT2D eigenvalue weighted by molar-refractivity contribution is -0.111. The predicted molar refractivity (Wildman–Crippen MR) is 113 cm³/mol. The molecule has 0 saturated carbocycles. The zero-order valence-electron chi connectivity index (χ0n) is 14.3. The van der Waals surface area contributed by atoms with Crippen molar-refractivity contribution >= 4 is 46.6 Å². The number of halogens is 1. The SMILES string of the molecule is CSc1cccc(NC(=O)C(=Cc2ccccc2Cl)c2ccccc2)c1. The topological polar surface area (TPSA) is 29.1 Å². The number of hydrogen-bond donors (Lipinski definition) is 1. The van der Waals surface area contributed by atoms with E-state index in [4.69, 9.17) is 11.6 Å². The molecule has 1 N–H and O–H groups in total. The van der Waals surface area contributed by atoms with Crippen molar-refractivity contribution in [2.45, 2.75) is 4.90 Å². The Morgan fingerprint density at radius 1 is 0.962 bits per heavy atom. The van der Waals surface area contributed by atoms with E-state index in [9.17, 15) is 4.79 Å². The molecule has 0 saturated heterocycles. The summed E-state index contributed by atoms with van der Waals surface area (Å²) in [6.45, 7) is 0. The van der Waals surface area contributed by atoms with Crippen molar-refractivity contribution in [2.75, 3.05) is 11.6 Å². The van der Waals surface area contributed by atoms with E-state index >= 15 is 0 Å². The minimum absolute atomic E-state index is 0.172. The van der Waals surface area contributed by atoms with E-state index in [-0.39, 0.29) is 5.91 Å². The van der Waals surface area contributed by atoms with Crippen molar-refractivity contribution in [1.29, 1.82) is 0 Å². The van der Waals surface area contributed by atoms with Crippen LogP contribution < -0.4 is 5.32 Å². The van der Waals surface area contributed by atoms with Crippen LogP contribution in [0, 0.1) is 0 Å². The molecule has 0 bridgehead atoms. The first-order valence-corrected chi connectivity index (χ1v) is 9.74. The van der Waals surface area contributed by atoms with Gasteiger partial charge in [-0.2, -0.15) is 0 Å². The summed E-state index contributed by atoms with van der Waals surface area (Å²) in [5, 5.41) is 3.60. The van der Waals surface area contributed by atoms with Gasteiger partial charge in [0.25, 0.3) is 5.91 Å². The van der Waals surface area contributed by atoms with Crippen LogP contribution >= 0.6 is 23.4 Å². The predicted octanol–water partition coefficient (Wildman–Crippen LogP) is 6.24. The summed E-state index contributed by atoms with van der Waals surface area (Å²) in [4.78, 5) is 14.1. The van der Waals surface area contributed by atoms with Gasteiger partial charge in [0.05, 0.1) is 0 Å². The van der Waals surface area contributed by atoms with E-state index in [1.807, 2.05) is 91.2 Å². The van der Waals surface area contributed by atoms with Crippen molar-refractivity contribution in [1.82, 2.24) is 0 Å². The van der Waals surface area contributed by atoms with Crippen molar-refractivity contribution < 1.29 is 4.79 Å². The van der Waals surface area contributed by atoms with Gasteiger partial charge in [-0.3, -0.25) is 4.79 Å². The van der Waals surface area contributed by atoms with Crippen LogP contribution in [0.3, 0.4) is 0 Å². The second-order valence-electron chi connectivity index (χ2n) is 5.63. The highest BCUT2D eigenvalue weighted by Crippen LogP contribution is 2.25. The standard InChI is InChI=1S/C22H18ClNOS/c1-26-19-12-7-11-18(15-19)24-22(25)20(16-8-3-2-4-9-16)14-17-10-5-6-13-21(17)23/h2-15H,1H3,(H,24,25). The smallest absolute Gasteiger partial charge is 0.256 e. The summed E-state index contributed by atoms with van der Waals surface area (Å²) in [5.41, 5.74) is 2.98. The number of hydrogen-bond acceptors (Lipinski definition) is 2. The number of amides is 1. The fourth-order valence-corrected chi connectivity index (χ4v) is 3.19. The third-order valence-corrected chi connectivity index (χ3v) is 4.93. The van der Waals surface area contributed by atoms with Gasteiger partial charge < -0.3 is 5.32 Å². The Labute approximate surface area is 162 Å². The first-order valence-electron chi connectivity index (χ1n) is 8.14. The molecule has 2 nitrogen and oxygen atoms in total. The minimum Gasteiger partial charge on any atom is -0.322 e. The van der Waals surface area contributed by atoms with Crippen molar-refractivity contribution in [3.63, 3.8) is 0 Å². The lowest BCUT2D eigenvalue weighted by atomic mass is 10.0. The highest BCUT2D eigenvalue weighted by molar-refractivity contribution is 7.98. The zero-order chi connectivity index (χ0) is 18.4. The molecule has 130 valence electrons. The first kappa shape index (κ1) is 18.3. The van der Waals surface area contributed by atoms with Crippen LogP contribution in [0.1, 0.15) is 11.1 Å². The fourth-order valence-electron chi connectivity index (χ4n) is 2.54. The maximum absolute atomic E-state index is 13.0. The number of benzene rings is 3. The molecule has 0 aromatic heterocycles. The second kappa shape index (κ2) is 8.75. The zero-order valence-corrected chi connectivity index (χ0v) is 15.8. The van der Waals surface area contributed by atoms with Gasteiger partial charge in [-0.15, -0.1) is 11.8 Å². The molecule has 4 heteroatoms. The summed E-state index contributed by atoms with van der Waals surface area (Å²) in [7, 11) is 0. The van der Waals surface area contributed by atoms with Gasteiger partial charge in [0, 0.05) is 21.2 Å². The normalized spacial score (nSPS) is 11.2. The maximum Gasteiger partial charge on any atom is 0.256 e. The minimum atomic E-state index is -0.172. The molecule has 3 rings (SSSR count). The molecule has 26 heavy (non-hydrogen) atoms. The summed E-state index contributed by atoms with van der Waals surface area (Å²) < 4.78 is 0. The summed E-state index contributed by atoms with van der Waals surface area (Å²) in [6, 6.07) is 24.9. The van der Waals surface area contributed by atoms with Gasteiger partial charge in [-0.25, -0.2) is 0 Å². The van der Waals surface area contributed by atoms with E-state index in [1.165, 1.54) is 0 Å². The van der Waals surface area contributed by atoms with E-state index in [1.54, 1.807) is 11.8 Å². The number of anilines is 1. The van der Waals surface area contributed by atoms with Gasteiger partial charge in [0.2, 0.25) is 0 Å². The Hall–Kier alpha value is -2.49. The Balaban J connectivity index is 1.98. The molecule has 3 aromatic carbocycles. The third kappa shape index (κ3) is 4.57. The molecule has 1 amide bonds. The van der Waals surface area contributed by atoms with Crippen molar-refractivity contribution in [3.8, 4) is 0 Å². The third-order valence-electron chi connectivity index (χ3n) is 3.86. The molecule has 3 aromatic rings. The van der Waals surface area contributed by atoms with Gasteiger partial charge in [-0.1, -0.05) is 66.2 Å². The van der Waals surface area contributed by atoms with Gasteiger partial charge in [0.1, 0.15) is 0 Å². The molecular formula is C22H18ClNOS. The number of thioether (sulfide) groups is 1. The number of rotatable bonds is 5. The average molecular weight is 380 g/mol. The molecule has 0 fully saturated rings. The number of carbonyl (C=O) groups is 1. The molecular weight excluding hydrogens is 362 g/mol. The van der Waals surface area contributed by atoms with Crippen LogP contribution in [0.4, 0.5) is 5.69 Å². The monoisotopic (exact) mass is 379 g/mol. The van der Waals surface area contributed by atoms with E-state index in [0.717, 1.165) is 21.7 Å². The summed E-state index contributed by atoms with van der Waals surface area (Å²) in [5.74, 6) is -0.172.